The molecule has 2 rings (SSSR count). The lowest BCUT2D eigenvalue weighted by molar-refractivity contribution is 0.699. The van der Waals surface area contributed by atoms with Gasteiger partial charge in [0.05, 0.1) is 6.20 Å². The average molecular weight is 305 g/mol. The summed E-state index contributed by atoms with van der Waals surface area (Å²) in [6, 6.07) is 2.18. The van der Waals surface area contributed by atoms with Crippen molar-refractivity contribution in [3.05, 3.63) is 40.3 Å². The van der Waals surface area contributed by atoms with Gasteiger partial charge in [0.1, 0.15) is 0 Å². The van der Waals surface area contributed by atoms with Gasteiger partial charge in [0.15, 0.2) is 5.96 Å². The highest BCUT2D eigenvalue weighted by Gasteiger charge is 2.06. The molecule has 0 aliphatic rings. The van der Waals surface area contributed by atoms with E-state index in [1.54, 1.807) is 18.4 Å². The van der Waals surface area contributed by atoms with Crippen LogP contribution in [0.4, 0.5) is 0 Å². The van der Waals surface area contributed by atoms with Gasteiger partial charge >= 0.3 is 0 Å². The molecule has 0 spiro atoms. The molecule has 114 valence electrons. The smallest absolute Gasteiger partial charge is 0.191 e. The molecule has 21 heavy (non-hydrogen) atoms. The van der Waals surface area contributed by atoms with Crippen molar-refractivity contribution in [2.45, 2.75) is 19.3 Å². The first-order valence-electron chi connectivity index (χ1n) is 7.13. The highest BCUT2D eigenvalue weighted by Crippen LogP contribution is 2.16. The van der Waals surface area contributed by atoms with Gasteiger partial charge in [0, 0.05) is 33.4 Å². The minimum absolute atomic E-state index is 0.480. The summed E-state index contributed by atoms with van der Waals surface area (Å²) in [6.45, 7) is 3.94. The molecule has 0 radical (unpaired) electrons. The third kappa shape index (κ3) is 4.90. The Balaban J connectivity index is 1.71. The number of nitrogens with one attached hydrogen (secondary N) is 2. The number of guanidine groups is 1. The maximum atomic E-state index is 4.25. The lowest BCUT2D eigenvalue weighted by atomic mass is 10.1. The van der Waals surface area contributed by atoms with Crippen molar-refractivity contribution in [3.8, 4) is 0 Å². The largest absolute Gasteiger partial charge is 0.356 e. The van der Waals surface area contributed by atoms with Gasteiger partial charge in [-0.2, -0.15) is 16.4 Å². The molecule has 0 saturated carbocycles. The van der Waals surface area contributed by atoms with Crippen molar-refractivity contribution in [2.24, 2.45) is 12.0 Å². The zero-order chi connectivity index (χ0) is 15.1. The van der Waals surface area contributed by atoms with E-state index in [9.17, 15) is 0 Å². The normalized spacial score (nSPS) is 13.2. The summed E-state index contributed by atoms with van der Waals surface area (Å²) in [7, 11) is 3.73. The van der Waals surface area contributed by atoms with Crippen LogP contribution in [0.3, 0.4) is 0 Å². The van der Waals surface area contributed by atoms with Crippen LogP contribution in [0.1, 0.15) is 24.0 Å². The van der Waals surface area contributed by atoms with Crippen molar-refractivity contribution < 1.29 is 0 Å². The third-order valence-electron chi connectivity index (χ3n) is 3.38. The molecule has 0 aliphatic carbocycles. The van der Waals surface area contributed by atoms with Gasteiger partial charge in [-0.1, -0.05) is 6.92 Å². The number of aromatic nitrogens is 2. The van der Waals surface area contributed by atoms with Crippen molar-refractivity contribution in [1.29, 1.82) is 0 Å². The molecule has 2 N–H and O–H groups in total. The molecular weight excluding hydrogens is 282 g/mol. The van der Waals surface area contributed by atoms with E-state index in [0.717, 1.165) is 25.5 Å². The summed E-state index contributed by atoms with van der Waals surface area (Å²) in [4.78, 5) is 4.25. The number of aryl methyl sites for hydroxylation is 1. The van der Waals surface area contributed by atoms with Crippen molar-refractivity contribution in [1.82, 2.24) is 20.4 Å². The van der Waals surface area contributed by atoms with E-state index in [2.05, 4.69) is 44.5 Å². The minimum Gasteiger partial charge on any atom is -0.356 e. The summed E-state index contributed by atoms with van der Waals surface area (Å²) < 4.78 is 1.82. The van der Waals surface area contributed by atoms with E-state index in [1.807, 2.05) is 24.1 Å². The molecule has 1 atom stereocenters. The van der Waals surface area contributed by atoms with Crippen LogP contribution in [0.2, 0.25) is 0 Å². The average Bonchev–Trinajstić information content (AvgIpc) is 3.14. The van der Waals surface area contributed by atoms with Crippen LogP contribution < -0.4 is 10.6 Å². The van der Waals surface area contributed by atoms with Crippen molar-refractivity contribution in [3.63, 3.8) is 0 Å². The number of hydrogen-bond acceptors (Lipinski definition) is 3. The topological polar surface area (TPSA) is 54.2 Å². The van der Waals surface area contributed by atoms with Crippen LogP contribution in [-0.4, -0.2) is 35.9 Å². The molecule has 5 nitrogen and oxygen atoms in total. The Kier molecular flexibility index (Phi) is 5.80. The monoisotopic (exact) mass is 305 g/mol. The predicted octanol–water partition coefficient (Wildman–Crippen LogP) is 1.99. The molecule has 0 amide bonds. The maximum Gasteiger partial charge on any atom is 0.191 e. The van der Waals surface area contributed by atoms with Gasteiger partial charge < -0.3 is 10.6 Å². The molecule has 2 heterocycles. The summed E-state index contributed by atoms with van der Waals surface area (Å²) in [5.74, 6) is 1.33. The van der Waals surface area contributed by atoms with Gasteiger partial charge in [-0.3, -0.25) is 9.67 Å². The van der Waals surface area contributed by atoms with Crippen LogP contribution in [0.15, 0.2) is 34.2 Å². The number of hydrogen-bond donors (Lipinski definition) is 2. The fourth-order valence-corrected chi connectivity index (χ4v) is 2.85. The first kappa shape index (κ1) is 15.6. The molecule has 2 aromatic rings. The predicted molar refractivity (Wildman–Crippen MR) is 89.0 cm³/mol. The standard InChI is InChI=1S/C15H23N5S/c1-12(14-5-7-21-11-14)8-18-15(16-2)17-6-4-13-9-19-20(3)10-13/h5,7,9-12H,4,6,8H2,1-3H3,(H2,16,17,18). The van der Waals surface area contributed by atoms with Gasteiger partial charge in [-0.25, -0.2) is 0 Å². The lowest BCUT2D eigenvalue weighted by Gasteiger charge is -2.15. The molecule has 2 aromatic heterocycles. The van der Waals surface area contributed by atoms with E-state index >= 15 is 0 Å². The molecular formula is C15H23N5S. The Labute approximate surface area is 130 Å². The molecule has 0 aliphatic heterocycles. The van der Waals surface area contributed by atoms with Crippen LogP contribution in [-0.2, 0) is 13.5 Å². The van der Waals surface area contributed by atoms with E-state index in [4.69, 9.17) is 0 Å². The van der Waals surface area contributed by atoms with E-state index in [-0.39, 0.29) is 0 Å². The second-order valence-electron chi connectivity index (χ2n) is 5.11. The summed E-state index contributed by atoms with van der Waals surface area (Å²) >= 11 is 1.74. The zero-order valence-corrected chi connectivity index (χ0v) is 13.7. The Morgan fingerprint density at radius 2 is 2.33 bits per heavy atom. The minimum atomic E-state index is 0.480. The zero-order valence-electron chi connectivity index (χ0n) is 12.8. The molecule has 0 saturated heterocycles. The second kappa shape index (κ2) is 7.83. The van der Waals surface area contributed by atoms with Gasteiger partial charge in [0.2, 0.25) is 0 Å². The summed E-state index contributed by atoms with van der Waals surface area (Å²) in [5.41, 5.74) is 2.60. The fourth-order valence-electron chi connectivity index (χ4n) is 2.07. The Morgan fingerprint density at radius 3 is 2.95 bits per heavy atom. The maximum absolute atomic E-state index is 4.25. The Hall–Kier alpha value is -1.82. The lowest BCUT2D eigenvalue weighted by Crippen LogP contribution is -2.39. The van der Waals surface area contributed by atoms with Crippen LogP contribution in [0.5, 0.6) is 0 Å². The number of nitrogens with zero attached hydrogens (tertiary/aromatic N) is 3. The quantitative estimate of drug-likeness (QED) is 0.634. The second-order valence-corrected chi connectivity index (χ2v) is 5.89. The van der Waals surface area contributed by atoms with Crippen molar-refractivity contribution >= 4 is 17.3 Å². The fraction of sp³-hybridized carbons (Fsp3) is 0.467. The number of rotatable bonds is 6. The molecule has 0 fully saturated rings. The highest BCUT2D eigenvalue weighted by molar-refractivity contribution is 7.07. The van der Waals surface area contributed by atoms with Crippen molar-refractivity contribution in [2.75, 3.05) is 20.1 Å². The first-order valence-corrected chi connectivity index (χ1v) is 8.07. The first-order chi connectivity index (χ1) is 10.2. The van der Waals surface area contributed by atoms with E-state index < -0.39 is 0 Å². The van der Waals surface area contributed by atoms with Gasteiger partial charge in [-0.05, 0) is 40.3 Å². The summed E-state index contributed by atoms with van der Waals surface area (Å²) in [5, 5.41) is 15.2. The van der Waals surface area contributed by atoms with Crippen LogP contribution in [0.25, 0.3) is 0 Å². The van der Waals surface area contributed by atoms with Gasteiger partial charge in [0.25, 0.3) is 0 Å². The third-order valence-corrected chi connectivity index (χ3v) is 4.08. The Morgan fingerprint density at radius 1 is 1.48 bits per heavy atom. The molecule has 6 heteroatoms. The Bertz CT molecular complexity index is 558. The van der Waals surface area contributed by atoms with Gasteiger partial charge in [-0.15, -0.1) is 0 Å². The van der Waals surface area contributed by atoms with Crippen LogP contribution in [0, 0.1) is 0 Å². The highest BCUT2D eigenvalue weighted by atomic mass is 32.1. The number of thiophene rings is 1. The van der Waals surface area contributed by atoms with E-state index in [0.29, 0.717) is 5.92 Å². The van der Waals surface area contributed by atoms with Crippen LogP contribution >= 0.6 is 11.3 Å². The number of aliphatic imine (C=N–C) groups is 1. The SMILES string of the molecule is CN=C(NCCc1cnn(C)c1)NCC(C)c1ccsc1. The molecule has 0 bridgehead atoms. The van der Waals surface area contributed by atoms with E-state index in [1.165, 1.54) is 11.1 Å². The molecule has 1 unspecified atom stereocenters. The molecule has 0 aromatic carbocycles. The summed E-state index contributed by atoms with van der Waals surface area (Å²) in [6.07, 6.45) is 4.88.